The van der Waals surface area contributed by atoms with Gasteiger partial charge in [0.25, 0.3) is 11.6 Å². The molecule has 4 aromatic rings. The van der Waals surface area contributed by atoms with E-state index in [1.165, 1.54) is 23.9 Å². The van der Waals surface area contributed by atoms with Crippen molar-refractivity contribution in [1.29, 1.82) is 0 Å². The highest BCUT2D eigenvalue weighted by Crippen LogP contribution is 2.31. The molecular formula is C29H30N6O3S. The van der Waals surface area contributed by atoms with Crippen LogP contribution in [0.4, 0.5) is 5.69 Å². The third-order valence-electron chi connectivity index (χ3n) is 6.94. The van der Waals surface area contributed by atoms with Gasteiger partial charge in [0.2, 0.25) is 0 Å². The Kier molecular flexibility index (Phi) is 8.04. The molecule has 5 rings (SSSR count). The number of non-ortho nitro benzene ring substituents is 1. The van der Waals surface area contributed by atoms with Gasteiger partial charge in [0.1, 0.15) is 0 Å². The van der Waals surface area contributed by atoms with Crippen molar-refractivity contribution in [2.75, 3.05) is 32.7 Å². The van der Waals surface area contributed by atoms with Gasteiger partial charge in [-0.15, -0.1) is 10.2 Å². The Hall–Kier alpha value is -4.02. The van der Waals surface area contributed by atoms with Crippen LogP contribution in [0.15, 0.2) is 78.0 Å². The number of hydrogen-bond acceptors (Lipinski definition) is 7. The first-order valence-corrected chi connectivity index (χ1v) is 13.9. The second-order valence-corrected chi connectivity index (χ2v) is 10.4. The van der Waals surface area contributed by atoms with E-state index in [-0.39, 0.29) is 11.6 Å². The lowest BCUT2D eigenvalue weighted by Crippen LogP contribution is -2.48. The molecule has 1 aromatic heterocycles. The lowest BCUT2D eigenvalue weighted by molar-refractivity contribution is -0.384. The van der Waals surface area contributed by atoms with Crippen molar-refractivity contribution < 1.29 is 9.72 Å². The van der Waals surface area contributed by atoms with Crippen molar-refractivity contribution in [2.24, 2.45) is 0 Å². The number of benzene rings is 3. The van der Waals surface area contributed by atoms with Crippen LogP contribution in [-0.2, 0) is 5.75 Å². The molecule has 0 unspecified atom stereocenters. The van der Waals surface area contributed by atoms with Crippen LogP contribution in [0.3, 0.4) is 0 Å². The quantitative estimate of drug-likeness (QED) is 0.171. The van der Waals surface area contributed by atoms with Gasteiger partial charge in [-0.3, -0.25) is 19.5 Å². The smallest absolute Gasteiger partial charge is 0.269 e. The summed E-state index contributed by atoms with van der Waals surface area (Å²) < 4.78 is 1.97. The van der Waals surface area contributed by atoms with E-state index in [4.69, 9.17) is 0 Å². The minimum absolute atomic E-state index is 0.0207. The summed E-state index contributed by atoms with van der Waals surface area (Å²) in [7, 11) is 0. The topological polar surface area (TPSA) is 97.4 Å². The summed E-state index contributed by atoms with van der Waals surface area (Å²) in [4.78, 5) is 28.5. The van der Waals surface area contributed by atoms with Crippen LogP contribution >= 0.6 is 11.8 Å². The zero-order valence-electron chi connectivity index (χ0n) is 22.0. The zero-order chi connectivity index (χ0) is 27.4. The summed E-state index contributed by atoms with van der Waals surface area (Å²) in [5.41, 5.74) is 4.39. The number of nitrogens with zero attached hydrogens (tertiary/aromatic N) is 6. The van der Waals surface area contributed by atoms with Gasteiger partial charge in [0.05, 0.1) is 4.92 Å². The molecule has 9 nitrogen and oxygen atoms in total. The van der Waals surface area contributed by atoms with Crippen LogP contribution in [0.25, 0.3) is 17.1 Å². The van der Waals surface area contributed by atoms with Crippen molar-refractivity contribution in [1.82, 2.24) is 24.6 Å². The molecule has 1 saturated heterocycles. The van der Waals surface area contributed by atoms with Crippen LogP contribution in [0.5, 0.6) is 0 Å². The lowest BCUT2D eigenvalue weighted by atomic mass is 10.1. The first-order valence-electron chi connectivity index (χ1n) is 12.9. The summed E-state index contributed by atoms with van der Waals surface area (Å²) in [5.74, 6) is 1.20. The molecule has 1 fully saturated rings. The SMILES string of the molecule is CCN1CCN(C(=O)c2ccccc2CSc2nnc(-c3ccc([N+](=O)[O-])cc3)n2-c2cccc(C)c2)CC1. The molecule has 0 bridgehead atoms. The summed E-state index contributed by atoms with van der Waals surface area (Å²) in [6.07, 6.45) is 0. The number of nitro benzene ring substituents is 1. The van der Waals surface area contributed by atoms with E-state index in [1.54, 1.807) is 12.1 Å². The fourth-order valence-corrected chi connectivity index (χ4v) is 5.67. The Morgan fingerprint density at radius 1 is 0.974 bits per heavy atom. The van der Waals surface area contributed by atoms with E-state index in [9.17, 15) is 14.9 Å². The summed E-state index contributed by atoms with van der Waals surface area (Å²) in [5, 5.41) is 20.8. The molecule has 10 heteroatoms. The van der Waals surface area contributed by atoms with Crippen LogP contribution in [0.2, 0.25) is 0 Å². The number of carbonyl (C=O) groups excluding carboxylic acids is 1. The second kappa shape index (κ2) is 11.8. The molecule has 1 aliphatic heterocycles. The first-order chi connectivity index (χ1) is 18.9. The highest BCUT2D eigenvalue weighted by molar-refractivity contribution is 7.98. The number of amides is 1. The number of aryl methyl sites for hydroxylation is 1. The van der Waals surface area contributed by atoms with Crippen LogP contribution in [0.1, 0.15) is 28.4 Å². The number of aromatic nitrogens is 3. The van der Waals surface area contributed by atoms with E-state index in [0.29, 0.717) is 22.3 Å². The van der Waals surface area contributed by atoms with Gasteiger partial charge in [-0.2, -0.15) is 0 Å². The third kappa shape index (κ3) is 5.86. The highest BCUT2D eigenvalue weighted by Gasteiger charge is 2.24. The van der Waals surface area contributed by atoms with E-state index in [0.717, 1.165) is 55.1 Å². The number of likely N-dealkylation sites (N-methyl/N-ethyl adjacent to an activating group) is 1. The predicted molar refractivity (Wildman–Crippen MR) is 152 cm³/mol. The van der Waals surface area contributed by atoms with Gasteiger partial charge in [-0.1, -0.05) is 49.0 Å². The standard InChI is InChI=1S/C29H30N6O3S/c1-3-32-15-17-33(18-16-32)28(36)26-10-5-4-8-23(26)20-39-29-31-30-27(22-11-13-24(14-12-22)35(37)38)34(29)25-9-6-7-21(2)19-25/h4-14,19H,3,15-18,20H2,1-2H3. The predicted octanol–water partition coefficient (Wildman–Crippen LogP) is 5.22. The fraction of sp³-hybridized carbons (Fsp3) is 0.276. The number of rotatable bonds is 8. The molecule has 2 heterocycles. The van der Waals surface area contributed by atoms with Crippen LogP contribution < -0.4 is 0 Å². The largest absolute Gasteiger partial charge is 0.336 e. The first kappa shape index (κ1) is 26.6. The van der Waals surface area contributed by atoms with Crippen LogP contribution in [-0.4, -0.2) is 68.1 Å². The average molecular weight is 543 g/mol. The Labute approximate surface area is 231 Å². The number of thioether (sulfide) groups is 1. The molecule has 0 atom stereocenters. The Balaban J connectivity index is 1.43. The van der Waals surface area contributed by atoms with Gasteiger partial charge in [0.15, 0.2) is 11.0 Å². The van der Waals surface area contributed by atoms with Gasteiger partial charge >= 0.3 is 0 Å². The number of carbonyl (C=O) groups is 1. The molecular weight excluding hydrogens is 512 g/mol. The summed E-state index contributed by atoms with van der Waals surface area (Å²) >= 11 is 1.51. The molecule has 200 valence electrons. The highest BCUT2D eigenvalue weighted by atomic mass is 32.2. The monoisotopic (exact) mass is 542 g/mol. The Morgan fingerprint density at radius 3 is 2.41 bits per heavy atom. The van der Waals surface area contributed by atoms with E-state index in [1.807, 2.05) is 58.9 Å². The van der Waals surface area contributed by atoms with Crippen molar-refractivity contribution in [3.63, 3.8) is 0 Å². The third-order valence-corrected chi connectivity index (χ3v) is 7.92. The molecule has 0 radical (unpaired) electrons. The molecule has 0 spiro atoms. The lowest BCUT2D eigenvalue weighted by Gasteiger charge is -2.34. The van der Waals surface area contributed by atoms with Crippen molar-refractivity contribution >= 4 is 23.4 Å². The number of nitro groups is 1. The Morgan fingerprint density at radius 2 is 1.72 bits per heavy atom. The van der Waals surface area contributed by atoms with Crippen molar-refractivity contribution in [2.45, 2.75) is 24.8 Å². The van der Waals surface area contributed by atoms with Crippen molar-refractivity contribution in [3.8, 4) is 17.1 Å². The second-order valence-electron chi connectivity index (χ2n) is 9.46. The molecule has 0 N–H and O–H groups in total. The average Bonchev–Trinajstić information content (AvgIpc) is 3.40. The summed E-state index contributed by atoms with van der Waals surface area (Å²) in [6.45, 7) is 8.41. The summed E-state index contributed by atoms with van der Waals surface area (Å²) in [6, 6.07) is 22.1. The molecule has 39 heavy (non-hydrogen) atoms. The Bertz CT molecular complexity index is 1480. The maximum absolute atomic E-state index is 13.4. The molecule has 0 saturated carbocycles. The van der Waals surface area contributed by atoms with Gasteiger partial charge in [0, 0.05) is 60.9 Å². The van der Waals surface area contributed by atoms with E-state index >= 15 is 0 Å². The molecule has 0 aliphatic carbocycles. The van der Waals surface area contributed by atoms with E-state index in [2.05, 4.69) is 28.1 Å². The number of hydrogen-bond donors (Lipinski definition) is 0. The molecule has 1 amide bonds. The van der Waals surface area contributed by atoms with Gasteiger partial charge < -0.3 is 9.80 Å². The maximum Gasteiger partial charge on any atom is 0.269 e. The van der Waals surface area contributed by atoms with Gasteiger partial charge in [-0.05, 0) is 54.9 Å². The maximum atomic E-state index is 13.4. The fourth-order valence-electron chi connectivity index (χ4n) is 4.72. The minimum Gasteiger partial charge on any atom is -0.336 e. The van der Waals surface area contributed by atoms with E-state index < -0.39 is 4.92 Å². The zero-order valence-corrected chi connectivity index (χ0v) is 22.8. The minimum atomic E-state index is -0.418. The molecule has 3 aromatic carbocycles. The number of piperazine rings is 1. The van der Waals surface area contributed by atoms with Crippen LogP contribution in [0, 0.1) is 17.0 Å². The van der Waals surface area contributed by atoms with Crippen molar-refractivity contribution in [3.05, 3.63) is 99.6 Å². The van der Waals surface area contributed by atoms with Gasteiger partial charge in [-0.25, -0.2) is 0 Å². The normalized spacial score (nSPS) is 13.9. The molecule has 1 aliphatic rings.